The summed E-state index contributed by atoms with van der Waals surface area (Å²) in [6.45, 7) is 2.76. The molecule has 0 aliphatic carbocycles. The molecule has 0 aromatic heterocycles. The SMILES string of the molecule is CNC(=O)NC(=O)C(C)N1CCOC(C(=O)OC)C1. The number of esters is 1. The van der Waals surface area contributed by atoms with Gasteiger partial charge < -0.3 is 14.8 Å². The van der Waals surface area contributed by atoms with Crippen LogP contribution in [0.5, 0.6) is 0 Å². The van der Waals surface area contributed by atoms with Gasteiger partial charge in [0.25, 0.3) is 0 Å². The second kappa shape index (κ2) is 7.05. The van der Waals surface area contributed by atoms with Gasteiger partial charge in [-0.15, -0.1) is 0 Å². The Bertz CT molecular complexity index is 360. The second-order valence-electron chi connectivity index (χ2n) is 4.12. The number of hydrogen-bond acceptors (Lipinski definition) is 6. The summed E-state index contributed by atoms with van der Waals surface area (Å²) in [5.41, 5.74) is 0. The fourth-order valence-electron chi connectivity index (χ4n) is 1.74. The molecule has 1 fully saturated rings. The van der Waals surface area contributed by atoms with Crippen molar-refractivity contribution in [3.8, 4) is 0 Å². The van der Waals surface area contributed by atoms with E-state index in [0.29, 0.717) is 13.2 Å². The molecule has 1 aliphatic rings. The normalized spacial score (nSPS) is 21.3. The average molecular weight is 273 g/mol. The van der Waals surface area contributed by atoms with Crippen LogP contribution in [0, 0.1) is 0 Å². The molecular formula is C11H19N3O5. The van der Waals surface area contributed by atoms with Crippen LogP contribution >= 0.6 is 0 Å². The number of nitrogens with zero attached hydrogens (tertiary/aromatic N) is 1. The van der Waals surface area contributed by atoms with E-state index in [2.05, 4.69) is 15.4 Å². The van der Waals surface area contributed by atoms with E-state index in [0.717, 1.165) is 0 Å². The molecule has 0 radical (unpaired) electrons. The Balaban J connectivity index is 2.56. The van der Waals surface area contributed by atoms with E-state index in [-0.39, 0.29) is 6.54 Å². The van der Waals surface area contributed by atoms with Gasteiger partial charge in [0.2, 0.25) is 5.91 Å². The lowest BCUT2D eigenvalue weighted by molar-refractivity contribution is -0.161. The third-order valence-electron chi connectivity index (χ3n) is 2.95. The summed E-state index contributed by atoms with van der Waals surface area (Å²) in [5, 5.41) is 4.50. The summed E-state index contributed by atoms with van der Waals surface area (Å²) in [4.78, 5) is 36.0. The number of urea groups is 1. The van der Waals surface area contributed by atoms with Crippen molar-refractivity contribution in [2.45, 2.75) is 19.1 Å². The molecule has 2 N–H and O–H groups in total. The van der Waals surface area contributed by atoms with Crippen molar-refractivity contribution < 1.29 is 23.9 Å². The lowest BCUT2D eigenvalue weighted by Crippen LogP contribution is -2.55. The third kappa shape index (κ3) is 4.18. The Labute approximate surface area is 111 Å². The third-order valence-corrected chi connectivity index (χ3v) is 2.95. The molecule has 8 heteroatoms. The standard InChI is InChI=1S/C11H19N3O5/c1-7(9(15)13-11(17)12-2)14-4-5-19-8(6-14)10(16)18-3/h7-8H,4-6H2,1-3H3,(H2,12,13,15,17). The van der Waals surface area contributed by atoms with Gasteiger partial charge in [-0.2, -0.15) is 0 Å². The number of methoxy groups -OCH3 is 1. The van der Waals surface area contributed by atoms with Crippen LogP contribution in [0.4, 0.5) is 4.79 Å². The minimum atomic E-state index is -0.700. The molecule has 108 valence electrons. The van der Waals surface area contributed by atoms with Crippen molar-refractivity contribution in [2.24, 2.45) is 0 Å². The summed E-state index contributed by atoms with van der Waals surface area (Å²) in [7, 11) is 2.71. The molecule has 0 saturated carbocycles. The van der Waals surface area contributed by atoms with Crippen LogP contribution in [0.2, 0.25) is 0 Å². The zero-order valence-electron chi connectivity index (χ0n) is 11.3. The topological polar surface area (TPSA) is 97.0 Å². The van der Waals surface area contributed by atoms with Crippen molar-refractivity contribution >= 4 is 17.9 Å². The maximum atomic E-state index is 11.8. The number of nitrogens with one attached hydrogen (secondary N) is 2. The molecule has 2 atom stereocenters. The lowest BCUT2D eigenvalue weighted by atomic mass is 10.2. The highest BCUT2D eigenvalue weighted by Gasteiger charge is 2.32. The van der Waals surface area contributed by atoms with E-state index in [1.807, 2.05) is 0 Å². The number of ether oxygens (including phenoxy) is 2. The summed E-state index contributed by atoms with van der Waals surface area (Å²) < 4.78 is 9.87. The van der Waals surface area contributed by atoms with E-state index in [1.54, 1.807) is 11.8 Å². The number of carbonyl (C=O) groups excluding carboxylic acids is 3. The van der Waals surface area contributed by atoms with Crippen LogP contribution < -0.4 is 10.6 Å². The van der Waals surface area contributed by atoms with Gasteiger partial charge in [0.15, 0.2) is 6.10 Å². The van der Waals surface area contributed by atoms with Gasteiger partial charge in [-0.25, -0.2) is 9.59 Å². The van der Waals surface area contributed by atoms with Gasteiger partial charge in [0.1, 0.15) is 0 Å². The predicted octanol–water partition coefficient (Wildman–Crippen LogP) is -1.30. The Kier molecular flexibility index (Phi) is 5.71. The zero-order chi connectivity index (χ0) is 14.4. The minimum absolute atomic E-state index is 0.259. The first-order valence-corrected chi connectivity index (χ1v) is 5.95. The molecule has 0 aromatic carbocycles. The second-order valence-corrected chi connectivity index (χ2v) is 4.12. The first kappa shape index (κ1) is 15.4. The minimum Gasteiger partial charge on any atom is -0.467 e. The highest BCUT2D eigenvalue weighted by molar-refractivity contribution is 5.96. The fraction of sp³-hybridized carbons (Fsp3) is 0.727. The first-order valence-electron chi connectivity index (χ1n) is 5.95. The molecule has 0 bridgehead atoms. The number of rotatable bonds is 3. The van der Waals surface area contributed by atoms with E-state index in [9.17, 15) is 14.4 Å². The number of hydrogen-bond donors (Lipinski definition) is 2. The van der Waals surface area contributed by atoms with E-state index in [1.165, 1.54) is 14.2 Å². The van der Waals surface area contributed by atoms with Crippen molar-refractivity contribution in [1.29, 1.82) is 0 Å². The van der Waals surface area contributed by atoms with Gasteiger partial charge in [0, 0.05) is 20.1 Å². The zero-order valence-corrected chi connectivity index (χ0v) is 11.3. The molecule has 1 aliphatic heterocycles. The fourth-order valence-corrected chi connectivity index (χ4v) is 1.74. The van der Waals surface area contributed by atoms with Crippen LogP contribution in [0.25, 0.3) is 0 Å². The van der Waals surface area contributed by atoms with E-state index < -0.39 is 30.1 Å². The van der Waals surface area contributed by atoms with Gasteiger partial charge in [-0.05, 0) is 6.92 Å². The van der Waals surface area contributed by atoms with Crippen molar-refractivity contribution in [2.75, 3.05) is 33.9 Å². The first-order chi connectivity index (χ1) is 8.99. The Morgan fingerprint density at radius 2 is 2.11 bits per heavy atom. The average Bonchev–Trinajstić information content (AvgIpc) is 2.45. The summed E-state index contributed by atoms with van der Waals surface area (Å²) >= 11 is 0. The van der Waals surface area contributed by atoms with Gasteiger partial charge >= 0.3 is 12.0 Å². The molecule has 1 rings (SSSR count). The summed E-state index contributed by atoms with van der Waals surface area (Å²) in [6, 6.07) is -1.09. The van der Waals surface area contributed by atoms with Crippen LogP contribution in [-0.2, 0) is 19.1 Å². The number of imide groups is 1. The molecule has 1 heterocycles. The highest BCUT2D eigenvalue weighted by Crippen LogP contribution is 2.10. The van der Waals surface area contributed by atoms with E-state index >= 15 is 0 Å². The maximum absolute atomic E-state index is 11.8. The van der Waals surface area contributed by atoms with Crippen molar-refractivity contribution in [3.63, 3.8) is 0 Å². The molecule has 0 aromatic rings. The van der Waals surface area contributed by atoms with Crippen LogP contribution in [-0.4, -0.2) is 68.8 Å². The summed E-state index contributed by atoms with van der Waals surface area (Å²) in [5.74, 6) is -0.895. The molecule has 2 unspecified atom stereocenters. The molecule has 0 spiro atoms. The molecule has 1 saturated heterocycles. The predicted molar refractivity (Wildman–Crippen MR) is 65.4 cm³/mol. The monoisotopic (exact) mass is 273 g/mol. The van der Waals surface area contributed by atoms with Gasteiger partial charge in [-0.1, -0.05) is 0 Å². The highest BCUT2D eigenvalue weighted by atomic mass is 16.6. The van der Waals surface area contributed by atoms with Crippen LogP contribution in [0.1, 0.15) is 6.92 Å². The van der Waals surface area contributed by atoms with Gasteiger partial charge in [-0.3, -0.25) is 15.0 Å². The number of morpholine rings is 1. The molecule has 3 amide bonds. The van der Waals surface area contributed by atoms with Crippen LogP contribution in [0.15, 0.2) is 0 Å². The Morgan fingerprint density at radius 3 is 2.68 bits per heavy atom. The molecular weight excluding hydrogens is 254 g/mol. The number of carbonyl (C=O) groups is 3. The van der Waals surface area contributed by atoms with E-state index in [4.69, 9.17) is 4.74 Å². The quantitative estimate of drug-likeness (QED) is 0.621. The van der Waals surface area contributed by atoms with Crippen molar-refractivity contribution in [3.05, 3.63) is 0 Å². The van der Waals surface area contributed by atoms with Crippen LogP contribution in [0.3, 0.4) is 0 Å². The number of amides is 3. The summed E-state index contributed by atoms with van der Waals surface area (Å²) in [6.07, 6.45) is -0.700. The Morgan fingerprint density at radius 1 is 1.42 bits per heavy atom. The maximum Gasteiger partial charge on any atom is 0.336 e. The van der Waals surface area contributed by atoms with Crippen molar-refractivity contribution in [1.82, 2.24) is 15.5 Å². The lowest BCUT2D eigenvalue weighted by Gasteiger charge is -2.34. The smallest absolute Gasteiger partial charge is 0.336 e. The largest absolute Gasteiger partial charge is 0.467 e. The van der Waals surface area contributed by atoms with Gasteiger partial charge in [0.05, 0.1) is 19.8 Å². The Hall–Kier alpha value is -1.67. The molecule has 8 nitrogen and oxygen atoms in total. The molecule has 19 heavy (non-hydrogen) atoms.